The molecule has 0 bridgehead atoms. The molecule has 2 aliphatic carbocycles. The monoisotopic (exact) mass is 462 g/mol. The summed E-state index contributed by atoms with van der Waals surface area (Å²) in [5.41, 5.74) is 4.02. The van der Waals surface area contributed by atoms with Crippen LogP contribution >= 0.6 is 11.6 Å². The molecule has 1 aromatic heterocycles. The average Bonchev–Trinajstić information content (AvgIpc) is 3.08. The van der Waals surface area contributed by atoms with E-state index in [1.807, 2.05) is 12.1 Å². The molecule has 33 heavy (non-hydrogen) atoms. The molecular weight excluding hydrogens is 436 g/mol. The van der Waals surface area contributed by atoms with Gasteiger partial charge in [-0.25, -0.2) is 0 Å². The van der Waals surface area contributed by atoms with Crippen LogP contribution in [0.3, 0.4) is 0 Å². The van der Waals surface area contributed by atoms with Crippen LogP contribution in [0.25, 0.3) is 16.6 Å². The van der Waals surface area contributed by atoms with Gasteiger partial charge in [-0.1, -0.05) is 49.1 Å². The molecular formula is C27H27ClN2O3. The summed E-state index contributed by atoms with van der Waals surface area (Å²) in [6, 6.07) is 12.4. The predicted molar refractivity (Wildman–Crippen MR) is 129 cm³/mol. The van der Waals surface area contributed by atoms with Gasteiger partial charge in [0.2, 0.25) is 0 Å². The molecule has 1 N–H and O–H groups in total. The highest BCUT2D eigenvalue weighted by Crippen LogP contribution is 2.52. The smallest absolute Gasteiger partial charge is 0.306 e. The minimum absolute atomic E-state index is 0.212. The van der Waals surface area contributed by atoms with E-state index in [1.54, 1.807) is 6.07 Å². The predicted octanol–water partition coefficient (Wildman–Crippen LogP) is 5.96. The minimum Gasteiger partial charge on any atom is -0.481 e. The second-order valence-electron chi connectivity index (χ2n) is 10.0. The van der Waals surface area contributed by atoms with Gasteiger partial charge in [0.05, 0.1) is 32.9 Å². The number of fused-ring (bicyclic) bond motifs is 7. The molecule has 6 heteroatoms. The Morgan fingerprint density at radius 2 is 1.82 bits per heavy atom. The van der Waals surface area contributed by atoms with E-state index in [2.05, 4.69) is 27.8 Å². The Morgan fingerprint density at radius 1 is 1.06 bits per heavy atom. The summed E-state index contributed by atoms with van der Waals surface area (Å²) in [6.45, 7) is 0. The lowest BCUT2D eigenvalue weighted by Gasteiger charge is -2.34. The van der Waals surface area contributed by atoms with Gasteiger partial charge in [-0.05, 0) is 73.8 Å². The average molecular weight is 463 g/mol. The molecule has 2 aromatic carbocycles. The Kier molecular flexibility index (Phi) is 4.88. The molecule has 0 saturated heterocycles. The van der Waals surface area contributed by atoms with Crippen LogP contribution in [-0.4, -0.2) is 20.6 Å². The summed E-state index contributed by atoms with van der Waals surface area (Å²) < 4.78 is 2.17. The highest BCUT2D eigenvalue weighted by Gasteiger charge is 2.46. The molecule has 0 unspecified atom stereocenters. The second kappa shape index (κ2) is 7.69. The van der Waals surface area contributed by atoms with E-state index in [0.29, 0.717) is 16.3 Å². The first kappa shape index (κ1) is 20.9. The van der Waals surface area contributed by atoms with Gasteiger partial charge in [0.25, 0.3) is 5.56 Å². The van der Waals surface area contributed by atoms with Crippen molar-refractivity contribution in [1.29, 1.82) is 0 Å². The molecule has 3 aromatic rings. The van der Waals surface area contributed by atoms with E-state index in [-0.39, 0.29) is 16.9 Å². The lowest BCUT2D eigenvalue weighted by molar-refractivity contribution is -0.142. The van der Waals surface area contributed by atoms with Gasteiger partial charge in [0.1, 0.15) is 5.82 Å². The third kappa shape index (κ3) is 3.08. The maximum atomic E-state index is 13.1. The first-order valence-electron chi connectivity index (χ1n) is 12.1. The minimum atomic E-state index is -0.666. The standard InChI is InChI=1S/C27H27ClN2O3/c28-20-5-4-6-22-23(20)24(31)29-26-27(13-2-1-3-14-27)19-15-18(11-12-21(19)30(22)26)16-7-9-17(10-8-16)25(32)33/h4-6,11-12,15-17H,1-3,7-10,13-14H2,(H,32,33). The Labute approximate surface area is 197 Å². The Balaban J connectivity index is 1.52. The van der Waals surface area contributed by atoms with E-state index in [9.17, 15) is 14.7 Å². The number of benzene rings is 2. The van der Waals surface area contributed by atoms with Gasteiger partial charge < -0.3 is 5.11 Å². The molecule has 2 fully saturated rings. The van der Waals surface area contributed by atoms with Gasteiger partial charge in [0.15, 0.2) is 0 Å². The van der Waals surface area contributed by atoms with Crippen LogP contribution in [0.4, 0.5) is 0 Å². The quantitative estimate of drug-likeness (QED) is 0.510. The lowest BCUT2D eigenvalue weighted by Crippen LogP contribution is -2.32. The Hall–Kier alpha value is -2.66. The van der Waals surface area contributed by atoms with Crippen LogP contribution in [0.5, 0.6) is 0 Å². The SMILES string of the molecule is O=C(O)C1CCC(c2ccc3c(c2)C2(CCCCC2)c2nc(=O)c4c(Cl)cccc4n2-3)CC1. The molecule has 0 radical (unpaired) electrons. The zero-order chi connectivity index (χ0) is 22.7. The van der Waals surface area contributed by atoms with Crippen LogP contribution in [0.2, 0.25) is 5.02 Å². The number of nitrogens with zero attached hydrogens (tertiary/aromatic N) is 2. The molecule has 1 spiro atoms. The van der Waals surface area contributed by atoms with E-state index in [4.69, 9.17) is 11.6 Å². The van der Waals surface area contributed by atoms with Gasteiger partial charge >= 0.3 is 5.97 Å². The van der Waals surface area contributed by atoms with Crippen molar-refractivity contribution in [2.24, 2.45) is 5.92 Å². The molecule has 6 rings (SSSR count). The molecule has 2 saturated carbocycles. The highest BCUT2D eigenvalue weighted by atomic mass is 35.5. The molecule has 2 heterocycles. The van der Waals surface area contributed by atoms with Crippen LogP contribution in [0, 0.1) is 5.92 Å². The number of halogens is 1. The highest BCUT2D eigenvalue weighted by molar-refractivity contribution is 6.35. The van der Waals surface area contributed by atoms with Gasteiger partial charge in [-0.3, -0.25) is 14.2 Å². The molecule has 0 amide bonds. The summed E-state index contributed by atoms with van der Waals surface area (Å²) in [4.78, 5) is 29.1. The second-order valence-corrected chi connectivity index (χ2v) is 10.4. The van der Waals surface area contributed by atoms with Gasteiger partial charge in [-0.15, -0.1) is 0 Å². The Bertz CT molecular complexity index is 1330. The van der Waals surface area contributed by atoms with Crippen LogP contribution < -0.4 is 5.56 Å². The van der Waals surface area contributed by atoms with Crippen molar-refractivity contribution in [2.45, 2.75) is 69.1 Å². The number of aliphatic carboxylic acids is 1. The molecule has 5 nitrogen and oxygen atoms in total. The number of carboxylic acid groups (broad SMARTS) is 1. The summed E-state index contributed by atoms with van der Waals surface area (Å²) >= 11 is 6.43. The summed E-state index contributed by atoms with van der Waals surface area (Å²) in [5.74, 6) is 0.370. The summed E-state index contributed by atoms with van der Waals surface area (Å²) in [7, 11) is 0. The number of rotatable bonds is 2. The number of carbonyl (C=O) groups is 1. The van der Waals surface area contributed by atoms with E-state index < -0.39 is 5.97 Å². The number of hydrogen-bond acceptors (Lipinski definition) is 3. The largest absolute Gasteiger partial charge is 0.481 e. The topological polar surface area (TPSA) is 72.2 Å². The van der Waals surface area contributed by atoms with Gasteiger partial charge in [-0.2, -0.15) is 4.98 Å². The molecule has 1 aliphatic heterocycles. The molecule has 170 valence electrons. The third-order valence-electron chi connectivity index (χ3n) is 8.33. The number of aromatic nitrogens is 2. The van der Waals surface area contributed by atoms with Crippen molar-refractivity contribution < 1.29 is 9.90 Å². The number of hydrogen-bond donors (Lipinski definition) is 1. The maximum absolute atomic E-state index is 13.1. The molecule has 0 atom stereocenters. The van der Waals surface area contributed by atoms with Crippen molar-refractivity contribution in [3.05, 3.63) is 68.7 Å². The lowest BCUT2D eigenvalue weighted by atomic mass is 9.69. The summed E-state index contributed by atoms with van der Waals surface area (Å²) in [6.07, 6.45) is 8.73. The zero-order valence-corrected chi connectivity index (χ0v) is 19.3. The number of carboxylic acids is 1. The fourth-order valence-corrected chi connectivity index (χ4v) is 6.87. The Morgan fingerprint density at radius 3 is 2.55 bits per heavy atom. The van der Waals surface area contributed by atoms with Crippen LogP contribution in [-0.2, 0) is 10.2 Å². The van der Waals surface area contributed by atoms with E-state index in [1.165, 1.54) is 17.5 Å². The maximum Gasteiger partial charge on any atom is 0.306 e. The summed E-state index contributed by atoms with van der Waals surface area (Å²) in [5, 5.41) is 10.3. The molecule has 3 aliphatic rings. The van der Waals surface area contributed by atoms with Crippen molar-refractivity contribution in [1.82, 2.24) is 9.55 Å². The normalized spacial score (nSPS) is 23.4. The fraction of sp³-hybridized carbons (Fsp3) is 0.444. The first-order chi connectivity index (χ1) is 16.0. The fourth-order valence-electron chi connectivity index (χ4n) is 6.62. The van der Waals surface area contributed by atoms with E-state index >= 15 is 0 Å². The van der Waals surface area contributed by atoms with Crippen LogP contribution in [0.1, 0.15) is 80.7 Å². The van der Waals surface area contributed by atoms with Crippen LogP contribution in [0.15, 0.2) is 41.2 Å². The zero-order valence-electron chi connectivity index (χ0n) is 18.5. The third-order valence-corrected chi connectivity index (χ3v) is 8.64. The first-order valence-corrected chi connectivity index (χ1v) is 12.5. The van der Waals surface area contributed by atoms with Crippen molar-refractivity contribution >= 4 is 28.5 Å². The van der Waals surface area contributed by atoms with Crippen molar-refractivity contribution in [3.63, 3.8) is 0 Å². The van der Waals surface area contributed by atoms with Crippen molar-refractivity contribution in [3.8, 4) is 5.69 Å². The van der Waals surface area contributed by atoms with Crippen molar-refractivity contribution in [2.75, 3.05) is 0 Å². The van der Waals surface area contributed by atoms with E-state index in [0.717, 1.165) is 68.4 Å². The van der Waals surface area contributed by atoms with Gasteiger partial charge in [0, 0.05) is 0 Å².